The Morgan fingerprint density at radius 2 is 1.92 bits per heavy atom. The van der Waals surface area contributed by atoms with E-state index in [2.05, 4.69) is 4.98 Å². The van der Waals surface area contributed by atoms with Gasteiger partial charge >= 0.3 is 0 Å². The highest BCUT2D eigenvalue weighted by Gasteiger charge is 2.13. The van der Waals surface area contributed by atoms with Crippen LogP contribution >= 0.6 is 23.2 Å². The molecule has 2 aromatic carbocycles. The molecular weight excluding hydrogens is 347 g/mol. The standard InChI is InChI=1S/C18H16Cl2N2O2/c1-10-8-16(23-2)11-4-3-5-15(18(11)22-10)24-9-12-13(19)6-7-14(21)17(12)20/h3-8H,9,21H2,1-2H3. The van der Waals surface area contributed by atoms with Crippen LogP contribution in [-0.4, -0.2) is 12.1 Å². The number of pyridine rings is 1. The number of nitrogens with zero attached hydrogens (tertiary/aromatic N) is 1. The van der Waals surface area contributed by atoms with E-state index in [9.17, 15) is 0 Å². The van der Waals surface area contributed by atoms with Gasteiger partial charge in [0.2, 0.25) is 0 Å². The number of ether oxygens (including phenoxy) is 2. The fraction of sp³-hybridized carbons (Fsp3) is 0.167. The zero-order chi connectivity index (χ0) is 17.3. The number of nitrogen functional groups attached to an aromatic ring is 1. The van der Waals surface area contributed by atoms with E-state index in [-0.39, 0.29) is 6.61 Å². The normalized spacial score (nSPS) is 10.8. The first kappa shape index (κ1) is 16.7. The van der Waals surface area contributed by atoms with Crippen molar-refractivity contribution in [3.8, 4) is 11.5 Å². The maximum absolute atomic E-state index is 6.23. The average Bonchev–Trinajstić information content (AvgIpc) is 2.57. The summed E-state index contributed by atoms with van der Waals surface area (Å²) in [5, 5.41) is 1.80. The molecule has 0 atom stereocenters. The largest absolute Gasteiger partial charge is 0.496 e. The molecule has 0 aliphatic rings. The van der Waals surface area contributed by atoms with Gasteiger partial charge in [-0.15, -0.1) is 0 Å². The minimum absolute atomic E-state index is 0.194. The van der Waals surface area contributed by atoms with Crippen molar-refractivity contribution >= 4 is 39.8 Å². The topological polar surface area (TPSA) is 57.4 Å². The summed E-state index contributed by atoms with van der Waals surface area (Å²) >= 11 is 12.4. The molecule has 124 valence electrons. The Balaban J connectivity index is 2.00. The zero-order valence-electron chi connectivity index (χ0n) is 13.3. The molecule has 1 aromatic heterocycles. The number of aromatic nitrogens is 1. The summed E-state index contributed by atoms with van der Waals surface area (Å²) in [5.41, 5.74) is 8.52. The molecule has 3 aromatic rings. The number of benzene rings is 2. The summed E-state index contributed by atoms with van der Waals surface area (Å²) in [6, 6.07) is 10.9. The summed E-state index contributed by atoms with van der Waals surface area (Å²) in [4.78, 5) is 4.56. The molecule has 0 unspecified atom stereocenters. The van der Waals surface area contributed by atoms with Gasteiger partial charge in [0.05, 0.1) is 17.8 Å². The third-order valence-corrected chi connectivity index (χ3v) is 4.50. The van der Waals surface area contributed by atoms with Crippen LogP contribution in [0.2, 0.25) is 10.0 Å². The number of methoxy groups -OCH3 is 1. The highest BCUT2D eigenvalue weighted by molar-refractivity contribution is 6.37. The number of halogens is 2. The van der Waals surface area contributed by atoms with Crippen molar-refractivity contribution in [3.05, 3.63) is 57.7 Å². The van der Waals surface area contributed by atoms with E-state index < -0.39 is 0 Å². The van der Waals surface area contributed by atoms with Gasteiger partial charge in [-0.2, -0.15) is 0 Å². The third kappa shape index (κ3) is 3.07. The number of rotatable bonds is 4. The van der Waals surface area contributed by atoms with Gasteiger partial charge in [-0.05, 0) is 31.2 Å². The molecule has 0 aliphatic heterocycles. The maximum Gasteiger partial charge on any atom is 0.146 e. The molecule has 0 spiro atoms. The molecule has 2 N–H and O–H groups in total. The number of aryl methyl sites for hydroxylation is 1. The highest BCUT2D eigenvalue weighted by atomic mass is 35.5. The lowest BCUT2D eigenvalue weighted by atomic mass is 10.1. The van der Waals surface area contributed by atoms with Crippen LogP contribution in [0.15, 0.2) is 36.4 Å². The molecule has 0 radical (unpaired) electrons. The molecule has 0 saturated carbocycles. The van der Waals surface area contributed by atoms with Crippen molar-refractivity contribution in [3.63, 3.8) is 0 Å². The van der Waals surface area contributed by atoms with Gasteiger partial charge in [-0.3, -0.25) is 0 Å². The second-order valence-corrected chi connectivity index (χ2v) is 6.12. The molecule has 0 fully saturated rings. The second kappa shape index (κ2) is 6.75. The lowest BCUT2D eigenvalue weighted by Gasteiger charge is -2.13. The van der Waals surface area contributed by atoms with E-state index >= 15 is 0 Å². The van der Waals surface area contributed by atoms with Gasteiger partial charge < -0.3 is 15.2 Å². The van der Waals surface area contributed by atoms with Crippen LogP contribution in [0.4, 0.5) is 5.69 Å². The van der Waals surface area contributed by atoms with Crippen LogP contribution in [0, 0.1) is 6.92 Å². The van der Waals surface area contributed by atoms with Crippen molar-refractivity contribution in [1.29, 1.82) is 0 Å². The fourth-order valence-electron chi connectivity index (χ4n) is 2.50. The van der Waals surface area contributed by atoms with Gasteiger partial charge in [-0.25, -0.2) is 4.98 Å². The number of anilines is 1. The molecule has 4 nitrogen and oxygen atoms in total. The van der Waals surface area contributed by atoms with Gasteiger partial charge in [0.1, 0.15) is 23.6 Å². The number of hydrogen-bond acceptors (Lipinski definition) is 4. The number of para-hydroxylation sites is 1. The lowest BCUT2D eigenvalue weighted by Crippen LogP contribution is -2.01. The Kier molecular flexibility index (Phi) is 4.69. The first-order valence-corrected chi connectivity index (χ1v) is 8.06. The van der Waals surface area contributed by atoms with E-state index in [1.807, 2.05) is 31.2 Å². The Labute approximate surface area is 150 Å². The summed E-state index contributed by atoms with van der Waals surface area (Å²) in [6.45, 7) is 2.10. The first-order valence-electron chi connectivity index (χ1n) is 7.30. The Bertz CT molecular complexity index is 913. The van der Waals surface area contributed by atoms with Gasteiger partial charge in [0.15, 0.2) is 0 Å². The molecule has 0 bridgehead atoms. The summed E-state index contributed by atoms with van der Waals surface area (Å²) in [5.74, 6) is 1.38. The monoisotopic (exact) mass is 362 g/mol. The van der Waals surface area contributed by atoms with Gasteiger partial charge in [0, 0.05) is 27.7 Å². The third-order valence-electron chi connectivity index (χ3n) is 3.70. The zero-order valence-corrected chi connectivity index (χ0v) is 14.8. The van der Waals surface area contributed by atoms with Crippen LogP contribution in [0.3, 0.4) is 0 Å². The van der Waals surface area contributed by atoms with Gasteiger partial charge in [0.25, 0.3) is 0 Å². The summed E-state index contributed by atoms with van der Waals surface area (Å²) in [7, 11) is 1.63. The van der Waals surface area contributed by atoms with Crippen molar-refractivity contribution < 1.29 is 9.47 Å². The minimum atomic E-state index is 0.194. The molecule has 0 aliphatic carbocycles. The van der Waals surface area contributed by atoms with Crippen LogP contribution < -0.4 is 15.2 Å². The Hall–Kier alpha value is -2.17. The van der Waals surface area contributed by atoms with E-state index in [1.54, 1.807) is 19.2 Å². The van der Waals surface area contributed by atoms with Crippen LogP contribution in [0.5, 0.6) is 11.5 Å². The number of hydrogen-bond donors (Lipinski definition) is 1. The van der Waals surface area contributed by atoms with Crippen LogP contribution in [0.1, 0.15) is 11.3 Å². The van der Waals surface area contributed by atoms with Gasteiger partial charge in [-0.1, -0.05) is 29.3 Å². The Morgan fingerprint density at radius 3 is 2.67 bits per heavy atom. The van der Waals surface area contributed by atoms with E-state index in [0.29, 0.717) is 27.0 Å². The number of nitrogens with two attached hydrogens (primary N) is 1. The Morgan fingerprint density at radius 1 is 1.12 bits per heavy atom. The van der Waals surface area contributed by atoms with Crippen molar-refractivity contribution in [2.24, 2.45) is 0 Å². The van der Waals surface area contributed by atoms with Crippen LogP contribution in [-0.2, 0) is 6.61 Å². The quantitative estimate of drug-likeness (QED) is 0.662. The highest BCUT2D eigenvalue weighted by Crippen LogP contribution is 2.34. The van der Waals surface area contributed by atoms with E-state index in [1.165, 1.54) is 0 Å². The molecule has 0 amide bonds. The maximum atomic E-state index is 6.23. The van der Waals surface area contributed by atoms with E-state index in [4.69, 9.17) is 38.4 Å². The second-order valence-electron chi connectivity index (χ2n) is 5.34. The van der Waals surface area contributed by atoms with Crippen molar-refractivity contribution in [2.75, 3.05) is 12.8 Å². The molecular formula is C18H16Cl2N2O2. The predicted molar refractivity (Wildman–Crippen MR) is 98.2 cm³/mol. The summed E-state index contributed by atoms with van der Waals surface area (Å²) in [6.07, 6.45) is 0. The predicted octanol–water partition coefficient (Wildman–Crippen LogP) is 5.02. The van der Waals surface area contributed by atoms with Crippen molar-refractivity contribution in [2.45, 2.75) is 13.5 Å². The molecule has 6 heteroatoms. The van der Waals surface area contributed by atoms with Crippen molar-refractivity contribution in [1.82, 2.24) is 4.98 Å². The molecule has 24 heavy (non-hydrogen) atoms. The summed E-state index contributed by atoms with van der Waals surface area (Å²) < 4.78 is 11.4. The van der Waals surface area contributed by atoms with E-state index in [0.717, 1.165) is 22.3 Å². The first-order chi connectivity index (χ1) is 11.5. The minimum Gasteiger partial charge on any atom is -0.496 e. The smallest absolute Gasteiger partial charge is 0.146 e. The molecule has 0 saturated heterocycles. The number of fused-ring (bicyclic) bond motifs is 1. The lowest BCUT2D eigenvalue weighted by molar-refractivity contribution is 0.309. The average molecular weight is 363 g/mol. The SMILES string of the molecule is COc1cc(C)nc2c(OCc3c(Cl)ccc(N)c3Cl)cccc12. The molecule has 1 heterocycles. The fourth-order valence-corrected chi connectivity index (χ4v) is 2.98. The van der Waals surface area contributed by atoms with Crippen LogP contribution in [0.25, 0.3) is 10.9 Å². The molecule has 3 rings (SSSR count).